The Hall–Kier alpha value is -3.22. The zero-order chi connectivity index (χ0) is 20.4. The molecule has 7 nitrogen and oxygen atoms in total. The molecule has 0 aliphatic rings. The number of phenols is 1. The monoisotopic (exact) mass is 385 g/mol. The van der Waals surface area contributed by atoms with Gasteiger partial charge in [-0.1, -0.05) is 12.1 Å². The fraction of sp³-hybridized carbons (Fsp3) is 0.333. The van der Waals surface area contributed by atoms with Gasteiger partial charge < -0.3 is 25.8 Å². The van der Waals surface area contributed by atoms with Crippen LogP contribution in [0.15, 0.2) is 48.5 Å². The lowest BCUT2D eigenvalue weighted by molar-refractivity contribution is -0.122. The van der Waals surface area contributed by atoms with Gasteiger partial charge in [0, 0.05) is 18.3 Å². The van der Waals surface area contributed by atoms with Gasteiger partial charge in [0.05, 0.1) is 0 Å². The van der Waals surface area contributed by atoms with E-state index in [1.54, 1.807) is 36.4 Å². The van der Waals surface area contributed by atoms with Gasteiger partial charge in [-0.05, 0) is 68.7 Å². The zero-order valence-electron chi connectivity index (χ0n) is 16.2. The molecule has 0 bridgehead atoms. The first kappa shape index (κ1) is 21.1. The van der Waals surface area contributed by atoms with E-state index in [9.17, 15) is 14.7 Å². The molecule has 0 saturated heterocycles. The number of carbonyl (C=O) groups excluding carboxylic acids is 2. The molecule has 0 aliphatic heterocycles. The average molecular weight is 385 g/mol. The maximum absolute atomic E-state index is 12.1. The topological polar surface area (TPSA) is 99.7 Å². The molecule has 0 radical (unpaired) electrons. The highest BCUT2D eigenvalue weighted by atomic mass is 16.5. The number of likely N-dealkylation sites (N-methyl/N-ethyl adjacent to an activating group) is 1. The van der Waals surface area contributed by atoms with Crippen molar-refractivity contribution in [2.24, 2.45) is 0 Å². The molecule has 28 heavy (non-hydrogen) atoms. The molecule has 7 heteroatoms. The smallest absolute Gasteiger partial charge is 0.319 e. The van der Waals surface area contributed by atoms with Crippen molar-refractivity contribution in [1.29, 1.82) is 0 Å². The summed E-state index contributed by atoms with van der Waals surface area (Å²) in [6.45, 7) is 4.31. The maximum Gasteiger partial charge on any atom is 0.319 e. The molecule has 4 N–H and O–H groups in total. The number of hydrogen-bond acceptors (Lipinski definition) is 4. The van der Waals surface area contributed by atoms with Crippen LogP contribution in [-0.4, -0.2) is 36.2 Å². The molecule has 0 saturated carbocycles. The summed E-state index contributed by atoms with van der Waals surface area (Å²) in [7, 11) is 0. The van der Waals surface area contributed by atoms with E-state index in [-0.39, 0.29) is 30.3 Å². The minimum atomic E-state index is -0.283. The Morgan fingerprint density at radius 1 is 1.07 bits per heavy atom. The van der Waals surface area contributed by atoms with Gasteiger partial charge in [0.2, 0.25) is 0 Å². The van der Waals surface area contributed by atoms with Crippen molar-refractivity contribution in [1.82, 2.24) is 10.6 Å². The van der Waals surface area contributed by atoms with Gasteiger partial charge in [-0.15, -0.1) is 0 Å². The van der Waals surface area contributed by atoms with Crippen molar-refractivity contribution < 1.29 is 19.4 Å². The number of carbonyl (C=O) groups is 2. The minimum Gasteiger partial charge on any atom is -0.508 e. The molecule has 1 atom stereocenters. The van der Waals surface area contributed by atoms with Crippen molar-refractivity contribution in [2.75, 3.05) is 18.5 Å². The van der Waals surface area contributed by atoms with Gasteiger partial charge in [0.15, 0.2) is 6.61 Å². The summed E-state index contributed by atoms with van der Waals surface area (Å²) in [4.78, 5) is 23.5. The molecule has 1 unspecified atom stereocenters. The van der Waals surface area contributed by atoms with Crippen molar-refractivity contribution in [2.45, 2.75) is 32.7 Å². The predicted molar refractivity (Wildman–Crippen MR) is 109 cm³/mol. The molecule has 150 valence electrons. The zero-order valence-corrected chi connectivity index (χ0v) is 16.2. The third-order valence-corrected chi connectivity index (χ3v) is 4.04. The Morgan fingerprint density at radius 3 is 2.39 bits per heavy atom. The molecule has 0 aliphatic carbocycles. The van der Waals surface area contributed by atoms with E-state index in [0.717, 1.165) is 18.4 Å². The van der Waals surface area contributed by atoms with Gasteiger partial charge in [-0.3, -0.25) is 4.79 Å². The van der Waals surface area contributed by atoms with Crippen LogP contribution >= 0.6 is 0 Å². The molecule has 2 aromatic carbocycles. The molecule has 0 aromatic heterocycles. The average Bonchev–Trinajstić information content (AvgIpc) is 2.67. The fourth-order valence-electron chi connectivity index (χ4n) is 2.54. The summed E-state index contributed by atoms with van der Waals surface area (Å²) in [5.41, 5.74) is 1.74. The second-order valence-electron chi connectivity index (χ2n) is 6.47. The minimum absolute atomic E-state index is 0.00603. The van der Waals surface area contributed by atoms with Crippen LogP contribution in [0, 0.1) is 0 Å². The number of aromatic hydroxyl groups is 1. The third kappa shape index (κ3) is 7.57. The number of rotatable bonds is 9. The second kappa shape index (κ2) is 10.8. The number of anilines is 1. The maximum atomic E-state index is 12.1. The first-order valence-electron chi connectivity index (χ1n) is 9.31. The second-order valence-corrected chi connectivity index (χ2v) is 6.47. The first-order valence-corrected chi connectivity index (χ1v) is 9.31. The van der Waals surface area contributed by atoms with E-state index in [2.05, 4.69) is 16.0 Å². The summed E-state index contributed by atoms with van der Waals surface area (Å²) in [6, 6.07) is 13.6. The Morgan fingerprint density at radius 2 is 1.75 bits per heavy atom. The van der Waals surface area contributed by atoms with E-state index in [1.807, 2.05) is 26.0 Å². The van der Waals surface area contributed by atoms with Crippen LogP contribution < -0.4 is 20.7 Å². The Bertz CT molecular complexity index is 760. The van der Waals surface area contributed by atoms with Crippen LogP contribution in [0.2, 0.25) is 0 Å². The number of ether oxygens (including phenoxy) is 1. The molecular weight excluding hydrogens is 358 g/mol. The highest BCUT2D eigenvalue weighted by molar-refractivity contribution is 5.89. The van der Waals surface area contributed by atoms with E-state index in [4.69, 9.17) is 4.74 Å². The van der Waals surface area contributed by atoms with Crippen molar-refractivity contribution in [3.63, 3.8) is 0 Å². The van der Waals surface area contributed by atoms with Crippen LogP contribution in [0.1, 0.15) is 25.8 Å². The lowest BCUT2D eigenvalue weighted by Crippen LogP contribution is -2.36. The van der Waals surface area contributed by atoms with Crippen molar-refractivity contribution in [3.05, 3.63) is 54.1 Å². The van der Waals surface area contributed by atoms with Gasteiger partial charge in [0.25, 0.3) is 5.91 Å². The van der Waals surface area contributed by atoms with Crippen LogP contribution in [0.5, 0.6) is 11.5 Å². The number of phenolic OH excluding ortho intramolecular Hbond substituents is 1. The summed E-state index contributed by atoms with van der Waals surface area (Å²) >= 11 is 0. The third-order valence-electron chi connectivity index (χ3n) is 4.04. The van der Waals surface area contributed by atoms with Gasteiger partial charge in [-0.2, -0.15) is 0 Å². The summed E-state index contributed by atoms with van der Waals surface area (Å²) < 4.78 is 5.37. The lowest BCUT2D eigenvalue weighted by atomic mass is 10.1. The van der Waals surface area contributed by atoms with Gasteiger partial charge in [0.1, 0.15) is 11.5 Å². The quantitative estimate of drug-likeness (QED) is 0.533. The number of urea groups is 1. The van der Waals surface area contributed by atoms with E-state index in [0.29, 0.717) is 18.0 Å². The molecule has 0 spiro atoms. The molecular formula is C21H27N3O4. The first-order chi connectivity index (χ1) is 13.5. The standard InChI is InChI=1S/C21H27N3O4/c1-3-22-20(26)14-28-19-12-8-17(9-13-19)24-21(27)23-15(2)4-5-16-6-10-18(25)11-7-16/h6-13,15,25H,3-5,14H2,1-2H3,(H,22,26)(H2,23,24,27). The highest BCUT2D eigenvalue weighted by Crippen LogP contribution is 2.16. The normalized spacial score (nSPS) is 11.4. The number of benzene rings is 2. The number of hydrogen-bond donors (Lipinski definition) is 4. The predicted octanol–water partition coefficient (Wildman–Crippen LogP) is 3.05. The summed E-state index contributed by atoms with van der Waals surface area (Å²) in [5.74, 6) is 0.625. The summed E-state index contributed by atoms with van der Waals surface area (Å²) in [5, 5.41) is 17.6. The number of nitrogens with one attached hydrogen (secondary N) is 3. The molecule has 2 aromatic rings. The SMILES string of the molecule is CCNC(=O)COc1ccc(NC(=O)NC(C)CCc2ccc(O)cc2)cc1. The Balaban J connectivity index is 1.72. The molecule has 3 amide bonds. The van der Waals surface area contributed by atoms with Crippen LogP contribution in [0.4, 0.5) is 10.5 Å². The van der Waals surface area contributed by atoms with E-state index in [1.165, 1.54) is 0 Å². The number of aryl methyl sites for hydroxylation is 1. The Kier molecular flexibility index (Phi) is 8.14. The molecule has 0 fully saturated rings. The largest absolute Gasteiger partial charge is 0.508 e. The molecule has 2 rings (SSSR count). The van der Waals surface area contributed by atoms with Crippen molar-refractivity contribution >= 4 is 17.6 Å². The van der Waals surface area contributed by atoms with Crippen LogP contribution in [-0.2, 0) is 11.2 Å². The summed E-state index contributed by atoms with van der Waals surface area (Å²) in [6.07, 6.45) is 1.59. The lowest BCUT2D eigenvalue weighted by Gasteiger charge is -2.15. The highest BCUT2D eigenvalue weighted by Gasteiger charge is 2.08. The Labute approximate surface area is 165 Å². The number of amides is 3. The van der Waals surface area contributed by atoms with Gasteiger partial charge in [-0.25, -0.2) is 4.79 Å². The van der Waals surface area contributed by atoms with Crippen molar-refractivity contribution in [3.8, 4) is 11.5 Å². The van der Waals surface area contributed by atoms with Crippen LogP contribution in [0.25, 0.3) is 0 Å². The van der Waals surface area contributed by atoms with E-state index < -0.39 is 0 Å². The fourth-order valence-corrected chi connectivity index (χ4v) is 2.54. The molecule has 0 heterocycles. The van der Waals surface area contributed by atoms with E-state index >= 15 is 0 Å². The van der Waals surface area contributed by atoms with Gasteiger partial charge >= 0.3 is 6.03 Å². The van der Waals surface area contributed by atoms with Crippen LogP contribution in [0.3, 0.4) is 0 Å².